The smallest absolute Gasteiger partial charge is 0.407 e. The molecule has 0 aliphatic carbocycles. The highest BCUT2D eigenvalue weighted by Crippen LogP contribution is 2.06. The molecule has 0 spiro atoms. The van der Waals surface area contributed by atoms with Gasteiger partial charge in [-0.3, -0.25) is 0 Å². The largest absolute Gasteiger partial charge is 0.444 e. The van der Waals surface area contributed by atoms with Gasteiger partial charge in [0, 0.05) is 12.5 Å². The lowest BCUT2D eigenvalue weighted by Crippen LogP contribution is -2.37. The predicted molar refractivity (Wildman–Crippen MR) is 52.2 cm³/mol. The molecule has 0 aromatic carbocycles. The molecule has 0 rings (SSSR count). The van der Waals surface area contributed by atoms with E-state index in [1.54, 1.807) is 0 Å². The number of hydrogen-bond acceptors (Lipinski definition) is 3. The van der Waals surface area contributed by atoms with Crippen LogP contribution in [0.2, 0.25) is 0 Å². The number of rotatable bonds is 3. The summed E-state index contributed by atoms with van der Waals surface area (Å²) in [4.78, 5) is 11.1. The molecule has 4 nitrogen and oxygen atoms in total. The first-order valence-corrected chi connectivity index (χ1v) is 4.33. The Hall–Kier alpha value is -1.06. The van der Waals surface area contributed by atoms with E-state index in [1.165, 1.54) is 6.21 Å². The van der Waals surface area contributed by atoms with Crippen LogP contribution >= 0.6 is 0 Å². The molecule has 0 aliphatic heterocycles. The maximum atomic E-state index is 11.1. The van der Waals surface area contributed by atoms with Crippen LogP contribution in [0.3, 0.4) is 0 Å². The first-order valence-electron chi connectivity index (χ1n) is 4.33. The summed E-state index contributed by atoms with van der Waals surface area (Å²) in [5.41, 5.74) is -0.464. The topological polar surface area (TPSA) is 62.2 Å². The summed E-state index contributed by atoms with van der Waals surface area (Å²) in [6.45, 7) is 7.27. The minimum absolute atomic E-state index is 0.0488. The molecule has 0 aliphatic rings. The van der Waals surface area contributed by atoms with Gasteiger partial charge < -0.3 is 15.5 Å². The van der Waals surface area contributed by atoms with Crippen LogP contribution in [-0.4, -0.2) is 24.0 Å². The lowest BCUT2D eigenvalue weighted by Gasteiger charge is -2.21. The monoisotopic (exact) mass is 186 g/mol. The molecular formula is C9H18N2O2. The third-order valence-corrected chi connectivity index (χ3v) is 1.23. The standard InChI is InChI=1S/C9H18N2O2/c1-7(5-6-10)11-8(12)13-9(2,3)4/h6-7,10H,5H2,1-4H3,(H,11,12). The van der Waals surface area contributed by atoms with Crippen LogP contribution in [0, 0.1) is 5.41 Å². The van der Waals surface area contributed by atoms with Gasteiger partial charge in [-0.1, -0.05) is 0 Å². The fourth-order valence-electron chi connectivity index (χ4n) is 0.744. The molecule has 0 aromatic heterocycles. The lowest BCUT2D eigenvalue weighted by molar-refractivity contribution is 0.0510. The summed E-state index contributed by atoms with van der Waals surface area (Å²) < 4.78 is 5.03. The lowest BCUT2D eigenvalue weighted by atomic mass is 10.2. The Kier molecular flexibility index (Phi) is 4.45. The summed E-state index contributed by atoms with van der Waals surface area (Å²) in [5, 5.41) is 9.47. The number of ether oxygens (including phenoxy) is 1. The predicted octanol–water partition coefficient (Wildman–Crippen LogP) is 1.94. The third kappa shape index (κ3) is 7.31. The number of hydrogen-bond donors (Lipinski definition) is 2. The maximum absolute atomic E-state index is 11.1. The van der Waals surface area contributed by atoms with Crippen molar-refractivity contribution in [3.8, 4) is 0 Å². The summed E-state index contributed by atoms with van der Waals surface area (Å²) in [6.07, 6.45) is 1.36. The third-order valence-electron chi connectivity index (χ3n) is 1.23. The van der Waals surface area contributed by atoms with E-state index in [0.29, 0.717) is 6.42 Å². The van der Waals surface area contributed by atoms with E-state index in [9.17, 15) is 4.79 Å². The number of carbonyl (C=O) groups excluding carboxylic acids is 1. The van der Waals surface area contributed by atoms with Gasteiger partial charge in [0.15, 0.2) is 0 Å². The SMILES string of the molecule is CC(CC=N)NC(=O)OC(C)(C)C. The van der Waals surface area contributed by atoms with Gasteiger partial charge in [-0.05, 0) is 33.9 Å². The summed E-state index contributed by atoms with van der Waals surface area (Å²) in [5.74, 6) is 0. The Morgan fingerprint density at radius 1 is 1.62 bits per heavy atom. The van der Waals surface area contributed by atoms with Crippen LogP contribution in [0.5, 0.6) is 0 Å². The van der Waals surface area contributed by atoms with Gasteiger partial charge >= 0.3 is 6.09 Å². The molecule has 4 heteroatoms. The first kappa shape index (κ1) is 11.9. The Labute approximate surface area is 79.2 Å². The molecule has 2 N–H and O–H groups in total. The summed E-state index contributed by atoms with van der Waals surface area (Å²) >= 11 is 0. The summed E-state index contributed by atoms with van der Waals surface area (Å²) in [6, 6.07) is -0.0488. The second kappa shape index (κ2) is 4.84. The molecular weight excluding hydrogens is 168 g/mol. The highest BCUT2D eigenvalue weighted by molar-refractivity contribution is 5.68. The molecule has 0 saturated heterocycles. The fourth-order valence-corrected chi connectivity index (χ4v) is 0.744. The number of carbonyl (C=O) groups is 1. The van der Waals surface area contributed by atoms with Gasteiger partial charge in [0.25, 0.3) is 0 Å². The van der Waals surface area contributed by atoms with Crippen molar-refractivity contribution < 1.29 is 9.53 Å². The van der Waals surface area contributed by atoms with Crippen LogP contribution in [-0.2, 0) is 4.74 Å². The number of nitrogens with one attached hydrogen (secondary N) is 2. The van der Waals surface area contributed by atoms with Gasteiger partial charge in [-0.2, -0.15) is 0 Å². The minimum Gasteiger partial charge on any atom is -0.444 e. The van der Waals surface area contributed by atoms with E-state index in [4.69, 9.17) is 10.1 Å². The van der Waals surface area contributed by atoms with Crippen molar-refractivity contribution in [3.63, 3.8) is 0 Å². The van der Waals surface area contributed by atoms with Gasteiger partial charge in [-0.25, -0.2) is 4.79 Å². The average molecular weight is 186 g/mol. The van der Waals surface area contributed by atoms with Gasteiger partial charge in [0.2, 0.25) is 0 Å². The van der Waals surface area contributed by atoms with E-state index in [2.05, 4.69) is 5.32 Å². The van der Waals surface area contributed by atoms with Crippen molar-refractivity contribution >= 4 is 12.3 Å². The Balaban J connectivity index is 3.81. The molecule has 0 saturated carbocycles. The van der Waals surface area contributed by atoms with Crippen molar-refractivity contribution in [1.29, 1.82) is 5.41 Å². The van der Waals surface area contributed by atoms with Gasteiger partial charge in [-0.15, -0.1) is 0 Å². The number of alkyl carbamates (subject to hydrolysis) is 1. The van der Waals surface area contributed by atoms with E-state index >= 15 is 0 Å². The van der Waals surface area contributed by atoms with Crippen LogP contribution in [0.25, 0.3) is 0 Å². The van der Waals surface area contributed by atoms with Crippen molar-refractivity contribution in [2.24, 2.45) is 0 Å². The summed E-state index contributed by atoms with van der Waals surface area (Å²) in [7, 11) is 0. The van der Waals surface area contributed by atoms with Crippen molar-refractivity contribution in [1.82, 2.24) is 5.32 Å². The first-order chi connectivity index (χ1) is 5.85. The van der Waals surface area contributed by atoms with Crippen molar-refractivity contribution in [3.05, 3.63) is 0 Å². The van der Waals surface area contributed by atoms with Crippen molar-refractivity contribution in [2.45, 2.75) is 45.8 Å². The fraction of sp³-hybridized carbons (Fsp3) is 0.778. The van der Waals surface area contributed by atoms with Crippen LogP contribution in [0.15, 0.2) is 0 Å². The Morgan fingerprint density at radius 2 is 2.15 bits per heavy atom. The maximum Gasteiger partial charge on any atom is 0.407 e. The second-order valence-electron chi connectivity index (χ2n) is 3.99. The Bertz CT molecular complexity index is 185. The highest BCUT2D eigenvalue weighted by atomic mass is 16.6. The zero-order valence-corrected chi connectivity index (χ0v) is 8.68. The Morgan fingerprint density at radius 3 is 2.54 bits per heavy atom. The van der Waals surface area contributed by atoms with E-state index in [0.717, 1.165) is 0 Å². The zero-order valence-electron chi connectivity index (χ0n) is 8.68. The molecule has 1 atom stereocenters. The van der Waals surface area contributed by atoms with Crippen LogP contribution < -0.4 is 5.32 Å². The molecule has 13 heavy (non-hydrogen) atoms. The van der Waals surface area contributed by atoms with E-state index in [-0.39, 0.29) is 6.04 Å². The molecule has 76 valence electrons. The zero-order chi connectivity index (χ0) is 10.5. The minimum atomic E-state index is -0.464. The van der Waals surface area contributed by atoms with Crippen LogP contribution in [0.1, 0.15) is 34.1 Å². The molecule has 1 unspecified atom stereocenters. The number of amides is 1. The van der Waals surface area contributed by atoms with Crippen LogP contribution in [0.4, 0.5) is 4.79 Å². The van der Waals surface area contributed by atoms with E-state index < -0.39 is 11.7 Å². The van der Waals surface area contributed by atoms with Crippen molar-refractivity contribution in [2.75, 3.05) is 0 Å². The molecule has 0 fully saturated rings. The van der Waals surface area contributed by atoms with E-state index in [1.807, 2.05) is 27.7 Å². The molecule has 0 aromatic rings. The molecule has 0 radical (unpaired) electrons. The van der Waals surface area contributed by atoms with Gasteiger partial charge in [0.05, 0.1) is 0 Å². The normalized spacial score (nSPS) is 13.2. The highest BCUT2D eigenvalue weighted by Gasteiger charge is 2.16. The quantitative estimate of drug-likeness (QED) is 0.661. The average Bonchev–Trinajstić information content (AvgIpc) is 1.81. The second-order valence-corrected chi connectivity index (χ2v) is 3.99. The molecule has 0 bridgehead atoms. The molecule has 0 heterocycles. The van der Waals surface area contributed by atoms with Gasteiger partial charge in [0.1, 0.15) is 5.60 Å². The molecule has 1 amide bonds.